The molecule has 0 unspecified atom stereocenters. The van der Waals surface area contributed by atoms with E-state index in [2.05, 4.69) is 27.5 Å². The lowest BCUT2D eigenvalue weighted by Gasteiger charge is -2.29. The second-order valence-corrected chi connectivity index (χ2v) is 7.20. The number of carbonyl (C=O) groups excluding carboxylic acids is 2. The third-order valence-electron chi connectivity index (χ3n) is 4.39. The van der Waals surface area contributed by atoms with Crippen molar-refractivity contribution in [2.75, 3.05) is 5.75 Å². The van der Waals surface area contributed by atoms with Crippen molar-refractivity contribution in [2.45, 2.75) is 43.8 Å². The van der Waals surface area contributed by atoms with E-state index >= 15 is 0 Å². The minimum Gasteiger partial charge on any atom is -0.335 e. The topological polar surface area (TPSA) is 86.9 Å². The summed E-state index contributed by atoms with van der Waals surface area (Å²) in [5.74, 6) is 0.291. The number of aromatic amines is 1. The van der Waals surface area contributed by atoms with E-state index in [1.165, 1.54) is 18.2 Å². The van der Waals surface area contributed by atoms with Gasteiger partial charge in [0.1, 0.15) is 0 Å². The van der Waals surface area contributed by atoms with Gasteiger partial charge in [0.25, 0.3) is 0 Å². The fraction of sp³-hybridized carbons (Fsp3) is 0.471. The Kier molecular flexibility index (Phi) is 5.40. The van der Waals surface area contributed by atoms with E-state index in [0.717, 1.165) is 30.3 Å². The van der Waals surface area contributed by atoms with Crippen molar-refractivity contribution in [1.82, 2.24) is 20.6 Å². The maximum absolute atomic E-state index is 11.9. The van der Waals surface area contributed by atoms with Gasteiger partial charge in [0, 0.05) is 6.04 Å². The molecular weight excluding hydrogens is 324 g/mol. The zero-order valence-electron chi connectivity index (χ0n) is 13.7. The Balaban J connectivity index is 1.45. The summed E-state index contributed by atoms with van der Waals surface area (Å²) in [4.78, 5) is 31.4. The predicted octanol–water partition coefficient (Wildman–Crippen LogP) is 3.06. The zero-order chi connectivity index (χ0) is 16.9. The summed E-state index contributed by atoms with van der Waals surface area (Å²) in [6.07, 6.45) is 4.45. The van der Waals surface area contributed by atoms with Crippen LogP contribution in [0.2, 0.25) is 0 Å². The SMILES string of the molecule is C[C@H]1CCCC[C@H]1NC(=O)NC(=O)CSc1nc2ccccc2[nH]1. The van der Waals surface area contributed by atoms with Crippen molar-refractivity contribution in [3.63, 3.8) is 0 Å². The Labute approximate surface area is 145 Å². The minimum atomic E-state index is -0.399. The highest BCUT2D eigenvalue weighted by Crippen LogP contribution is 2.23. The smallest absolute Gasteiger partial charge is 0.321 e. The molecule has 1 aliphatic rings. The van der Waals surface area contributed by atoms with E-state index < -0.39 is 6.03 Å². The normalized spacial score (nSPS) is 20.7. The van der Waals surface area contributed by atoms with Gasteiger partial charge >= 0.3 is 6.03 Å². The highest BCUT2D eigenvalue weighted by Gasteiger charge is 2.23. The lowest BCUT2D eigenvalue weighted by atomic mass is 9.86. The molecule has 0 spiro atoms. The first-order valence-corrected chi connectivity index (χ1v) is 9.28. The molecule has 0 radical (unpaired) electrons. The van der Waals surface area contributed by atoms with Crippen LogP contribution in [0.4, 0.5) is 4.79 Å². The molecule has 3 rings (SSSR count). The Morgan fingerprint density at radius 1 is 1.29 bits per heavy atom. The van der Waals surface area contributed by atoms with Crippen molar-refractivity contribution >= 4 is 34.7 Å². The van der Waals surface area contributed by atoms with Gasteiger partial charge in [0.05, 0.1) is 16.8 Å². The largest absolute Gasteiger partial charge is 0.335 e. The third-order valence-corrected chi connectivity index (χ3v) is 5.26. The fourth-order valence-corrected chi connectivity index (χ4v) is 3.71. The van der Waals surface area contributed by atoms with Gasteiger partial charge in [-0.1, -0.05) is 43.7 Å². The number of imidazole rings is 1. The highest BCUT2D eigenvalue weighted by atomic mass is 32.2. The molecule has 2 aromatic rings. The van der Waals surface area contributed by atoms with E-state index in [-0.39, 0.29) is 17.7 Å². The first-order valence-electron chi connectivity index (χ1n) is 8.30. The second-order valence-electron chi connectivity index (χ2n) is 6.24. The number of fused-ring (bicyclic) bond motifs is 1. The van der Waals surface area contributed by atoms with Gasteiger partial charge in [-0.25, -0.2) is 9.78 Å². The summed E-state index contributed by atoms with van der Waals surface area (Å²) in [7, 11) is 0. The number of aromatic nitrogens is 2. The lowest BCUT2D eigenvalue weighted by Crippen LogP contribution is -2.48. The van der Waals surface area contributed by atoms with Crippen molar-refractivity contribution in [3.05, 3.63) is 24.3 Å². The van der Waals surface area contributed by atoms with Gasteiger partial charge < -0.3 is 10.3 Å². The minimum absolute atomic E-state index is 0.146. The maximum atomic E-state index is 11.9. The number of benzene rings is 1. The molecule has 1 aliphatic carbocycles. The molecule has 128 valence electrons. The van der Waals surface area contributed by atoms with Crippen molar-refractivity contribution in [3.8, 4) is 0 Å². The fourth-order valence-electron chi connectivity index (χ4n) is 3.03. The molecule has 1 saturated carbocycles. The summed E-state index contributed by atoms with van der Waals surface area (Å²) < 4.78 is 0. The molecule has 7 heteroatoms. The van der Waals surface area contributed by atoms with E-state index in [1.807, 2.05) is 24.3 Å². The van der Waals surface area contributed by atoms with Gasteiger partial charge in [0.2, 0.25) is 5.91 Å². The molecule has 1 fully saturated rings. The van der Waals surface area contributed by atoms with Gasteiger partial charge in [-0.3, -0.25) is 10.1 Å². The molecule has 1 heterocycles. The molecule has 6 nitrogen and oxygen atoms in total. The van der Waals surface area contributed by atoms with Crippen LogP contribution in [0, 0.1) is 5.92 Å². The number of thioether (sulfide) groups is 1. The molecule has 1 aromatic carbocycles. The van der Waals surface area contributed by atoms with Crippen LogP contribution in [0.15, 0.2) is 29.4 Å². The molecule has 1 aromatic heterocycles. The van der Waals surface area contributed by atoms with Crippen LogP contribution in [0.3, 0.4) is 0 Å². The number of nitrogens with one attached hydrogen (secondary N) is 3. The molecule has 3 amide bonds. The van der Waals surface area contributed by atoms with Crippen LogP contribution in [0.5, 0.6) is 0 Å². The summed E-state index contributed by atoms with van der Waals surface area (Å²) in [5.41, 5.74) is 1.80. The highest BCUT2D eigenvalue weighted by molar-refractivity contribution is 7.99. The molecule has 0 saturated heterocycles. The molecule has 0 bridgehead atoms. The number of para-hydroxylation sites is 2. The number of H-pyrrole nitrogens is 1. The van der Waals surface area contributed by atoms with E-state index in [4.69, 9.17) is 0 Å². The quantitative estimate of drug-likeness (QED) is 0.743. The predicted molar refractivity (Wildman–Crippen MR) is 94.9 cm³/mol. The maximum Gasteiger partial charge on any atom is 0.321 e. The Hall–Kier alpha value is -2.02. The Morgan fingerprint density at radius 2 is 2.08 bits per heavy atom. The summed E-state index contributed by atoms with van der Waals surface area (Å²) in [6.45, 7) is 2.14. The summed E-state index contributed by atoms with van der Waals surface area (Å²) in [6, 6.07) is 7.46. The Bertz CT molecular complexity index is 697. The van der Waals surface area contributed by atoms with E-state index in [9.17, 15) is 9.59 Å². The number of rotatable bonds is 4. The van der Waals surface area contributed by atoms with Gasteiger partial charge in [-0.2, -0.15) is 0 Å². The monoisotopic (exact) mass is 346 g/mol. The number of hydrogen-bond donors (Lipinski definition) is 3. The van der Waals surface area contributed by atoms with Gasteiger partial charge in [-0.15, -0.1) is 0 Å². The number of nitrogens with zero attached hydrogens (tertiary/aromatic N) is 1. The average molecular weight is 346 g/mol. The number of hydrogen-bond acceptors (Lipinski definition) is 4. The molecule has 3 N–H and O–H groups in total. The van der Waals surface area contributed by atoms with Crippen LogP contribution < -0.4 is 10.6 Å². The third kappa shape index (κ3) is 4.29. The zero-order valence-corrected chi connectivity index (χ0v) is 14.5. The number of imide groups is 1. The van der Waals surface area contributed by atoms with Crippen LogP contribution in [0.1, 0.15) is 32.6 Å². The first kappa shape index (κ1) is 16.8. The number of urea groups is 1. The van der Waals surface area contributed by atoms with Crippen LogP contribution >= 0.6 is 11.8 Å². The van der Waals surface area contributed by atoms with E-state index in [0.29, 0.717) is 11.1 Å². The molecule has 24 heavy (non-hydrogen) atoms. The van der Waals surface area contributed by atoms with Gasteiger partial charge in [0.15, 0.2) is 5.16 Å². The Morgan fingerprint density at radius 3 is 2.88 bits per heavy atom. The standard InChI is InChI=1S/C17H22N4O2S/c1-11-6-2-3-7-12(11)18-16(23)21-15(22)10-24-17-19-13-8-4-5-9-14(13)20-17/h4-5,8-9,11-12H,2-3,6-7,10H2,1H3,(H,19,20)(H2,18,21,22,23)/t11-,12+/m0/s1. The first-order chi connectivity index (χ1) is 11.6. The second kappa shape index (κ2) is 7.70. The average Bonchev–Trinajstić information content (AvgIpc) is 2.98. The van der Waals surface area contributed by atoms with Crippen molar-refractivity contribution in [2.24, 2.45) is 5.92 Å². The van der Waals surface area contributed by atoms with Gasteiger partial charge in [-0.05, 0) is 30.9 Å². The van der Waals surface area contributed by atoms with E-state index in [1.54, 1.807) is 0 Å². The summed E-state index contributed by atoms with van der Waals surface area (Å²) in [5, 5.41) is 5.99. The van der Waals surface area contributed by atoms with Crippen molar-refractivity contribution < 1.29 is 9.59 Å². The molecule has 2 atom stereocenters. The summed E-state index contributed by atoms with van der Waals surface area (Å²) >= 11 is 1.28. The molecule has 0 aliphatic heterocycles. The number of carbonyl (C=O) groups is 2. The molecular formula is C17H22N4O2S. The number of amides is 3. The van der Waals surface area contributed by atoms with Crippen LogP contribution in [-0.4, -0.2) is 33.7 Å². The van der Waals surface area contributed by atoms with Crippen molar-refractivity contribution in [1.29, 1.82) is 0 Å². The van der Waals surface area contributed by atoms with Crippen LogP contribution in [0.25, 0.3) is 11.0 Å². The lowest BCUT2D eigenvalue weighted by molar-refractivity contribution is -0.117. The van der Waals surface area contributed by atoms with Crippen LogP contribution in [-0.2, 0) is 4.79 Å².